The lowest BCUT2D eigenvalue weighted by atomic mass is 10.2. The number of nitrogens with zero attached hydrogens (tertiary/aromatic N) is 2. The van der Waals surface area contributed by atoms with Gasteiger partial charge in [0, 0.05) is 0 Å². The smallest absolute Gasteiger partial charge is 0.0842 e. The Morgan fingerprint density at radius 1 is 0.778 bits per heavy atom. The number of hydrogen-bond acceptors (Lipinski definition) is 2. The number of unbranched alkanes of at least 4 members (excludes halogenated alkanes) is 2. The lowest BCUT2D eigenvalue weighted by Crippen LogP contribution is -1.98. The molecule has 0 aliphatic rings. The van der Waals surface area contributed by atoms with E-state index in [0.29, 0.717) is 0 Å². The van der Waals surface area contributed by atoms with E-state index in [9.17, 15) is 0 Å². The minimum Gasteiger partial charge on any atom is -0.250 e. The van der Waals surface area contributed by atoms with Crippen molar-refractivity contribution in [3.05, 3.63) is 34.9 Å². The Labute approximate surface area is 111 Å². The van der Waals surface area contributed by atoms with Gasteiger partial charge in [0.2, 0.25) is 0 Å². The fraction of sp³-hybridized carbons (Fsp3) is 0.500. The third-order valence-corrected chi connectivity index (χ3v) is 2.78. The van der Waals surface area contributed by atoms with Gasteiger partial charge in [0.25, 0.3) is 0 Å². The average molecular weight is 244 g/mol. The minimum atomic E-state index is 0.994. The summed E-state index contributed by atoms with van der Waals surface area (Å²) in [6.07, 6.45) is 13.0. The van der Waals surface area contributed by atoms with Crippen molar-refractivity contribution in [1.29, 1.82) is 0 Å². The molecule has 0 unspecified atom stereocenters. The van der Waals surface area contributed by atoms with E-state index in [4.69, 9.17) is 0 Å². The van der Waals surface area contributed by atoms with Gasteiger partial charge in [0.15, 0.2) is 0 Å². The van der Waals surface area contributed by atoms with E-state index >= 15 is 0 Å². The Balaban J connectivity index is 2.90. The van der Waals surface area contributed by atoms with Crippen molar-refractivity contribution in [2.45, 2.75) is 53.4 Å². The Hall–Kier alpha value is -1.44. The monoisotopic (exact) mass is 244 g/mol. The first-order valence-electron chi connectivity index (χ1n) is 6.87. The molecule has 2 nitrogen and oxygen atoms in total. The van der Waals surface area contributed by atoms with E-state index in [1.807, 2.05) is 13.8 Å². The van der Waals surface area contributed by atoms with Gasteiger partial charge in [-0.2, -0.15) is 0 Å². The van der Waals surface area contributed by atoms with E-state index in [0.717, 1.165) is 35.6 Å². The molecule has 0 bridgehead atoms. The maximum Gasteiger partial charge on any atom is 0.0842 e. The van der Waals surface area contributed by atoms with Gasteiger partial charge < -0.3 is 0 Å². The van der Waals surface area contributed by atoms with Gasteiger partial charge in [-0.25, -0.2) is 9.97 Å². The topological polar surface area (TPSA) is 25.8 Å². The zero-order valence-electron chi connectivity index (χ0n) is 12.0. The molecule has 0 amide bonds. The van der Waals surface area contributed by atoms with Crippen LogP contribution in [0, 0.1) is 13.8 Å². The summed E-state index contributed by atoms with van der Waals surface area (Å²) in [4.78, 5) is 9.25. The van der Waals surface area contributed by atoms with Gasteiger partial charge in [-0.05, 0) is 38.8 Å². The van der Waals surface area contributed by atoms with Crippen LogP contribution in [-0.4, -0.2) is 9.97 Å². The standard InChI is InChI=1S/C16H24N2/c1-5-7-9-11-15-13(3)18-16(14(4)17-15)12-10-8-6-2/h9-12H,5-8H2,1-4H3/b11-9+,12-10?. The molecule has 98 valence electrons. The van der Waals surface area contributed by atoms with Crippen LogP contribution in [0.2, 0.25) is 0 Å². The SMILES string of the molecule is CCCC=Cc1nc(C)c(/C=C/CCC)nc1C. The summed E-state index contributed by atoms with van der Waals surface area (Å²) in [5, 5.41) is 0. The second kappa shape index (κ2) is 7.80. The normalized spacial score (nSPS) is 11.8. The number of aromatic nitrogens is 2. The van der Waals surface area contributed by atoms with Crippen LogP contribution in [-0.2, 0) is 0 Å². The molecule has 0 fully saturated rings. The van der Waals surface area contributed by atoms with Crippen molar-refractivity contribution < 1.29 is 0 Å². The first-order chi connectivity index (χ1) is 8.69. The number of hydrogen-bond donors (Lipinski definition) is 0. The molecule has 0 N–H and O–H groups in total. The molecule has 0 saturated heterocycles. The van der Waals surface area contributed by atoms with Crippen molar-refractivity contribution in [3.8, 4) is 0 Å². The largest absolute Gasteiger partial charge is 0.250 e. The molecule has 1 rings (SSSR count). The van der Waals surface area contributed by atoms with Gasteiger partial charge in [-0.15, -0.1) is 0 Å². The third kappa shape index (κ3) is 4.44. The Bertz CT molecular complexity index is 389. The third-order valence-electron chi connectivity index (χ3n) is 2.78. The average Bonchev–Trinajstić information content (AvgIpc) is 2.35. The summed E-state index contributed by atoms with van der Waals surface area (Å²) in [6.45, 7) is 8.40. The molecule has 0 spiro atoms. The molecule has 0 aliphatic heterocycles. The first-order valence-corrected chi connectivity index (χ1v) is 6.87. The predicted octanol–water partition coefficient (Wildman–Crippen LogP) is 4.72. The van der Waals surface area contributed by atoms with Crippen LogP contribution in [0.5, 0.6) is 0 Å². The summed E-state index contributed by atoms with van der Waals surface area (Å²) in [5.41, 5.74) is 4.00. The van der Waals surface area contributed by atoms with Crippen LogP contribution in [0.25, 0.3) is 12.2 Å². The Morgan fingerprint density at radius 3 is 1.50 bits per heavy atom. The summed E-state index contributed by atoms with van der Waals surface area (Å²) < 4.78 is 0. The second-order valence-corrected chi connectivity index (χ2v) is 4.55. The molecule has 0 atom stereocenters. The van der Waals surface area contributed by atoms with Crippen LogP contribution in [0.3, 0.4) is 0 Å². The molecule has 1 aromatic rings. The highest BCUT2D eigenvalue weighted by molar-refractivity contribution is 5.52. The van der Waals surface area contributed by atoms with E-state index in [-0.39, 0.29) is 0 Å². The molecule has 18 heavy (non-hydrogen) atoms. The molecular weight excluding hydrogens is 220 g/mol. The van der Waals surface area contributed by atoms with Crippen LogP contribution in [0.1, 0.15) is 62.3 Å². The van der Waals surface area contributed by atoms with Gasteiger partial charge in [-0.3, -0.25) is 0 Å². The van der Waals surface area contributed by atoms with Crippen LogP contribution in [0.15, 0.2) is 12.2 Å². The highest BCUT2D eigenvalue weighted by Crippen LogP contribution is 2.12. The fourth-order valence-electron chi connectivity index (χ4n) is 1.68. The molecule has 2 heteroatoms. The lowest BCUT2D eigenvalue weighted by molar-refractivity contribution is 0.957. The van der Waals surface area contributed by atoms with Crippen molar-refractivity contribution in [2.75, 3.05) is 0 Å². The van der Waals surface area contributed by atoms with Crippen molar-refractivity contribution in [1.82, 2.24) is 9.97 Å². The minimum absolute atomic E-state index is 0.994. The van der Waals surface area contributed by atoms with Gasteiger partial charge in [0.05, 0.1) is 22.8 Å². The van der Waals surface area contributed by atoms with Crippen LogP contribution in [0.4, 0.5) is 0 Å². The van der Waals surface area contributed by atoms with E-state index in [1.165, 1.54) is 12.8 Å². The fourth-order valence-corrected chi connectivity index (χ4v) is 1.68. The molecule has 1 heterocycles. The van der Waals surface area contributed by atoms with Crippen LogP contribution < -0.4 is 0 Å². The zero-order chi connectivity index (χ0) is 13.4. The number of allylic oxidation sites excluding steroid dienone is 2. The second-order valence-electron chi connectivity index (χ2n) is 4.55. The summed E-state index contributed by atoms with van der Waals surface area (Å²) in [6, 6.07) is 0. The molecular formula is C16H24N2. The van der Waals surface area contributed by atoms with E-state index in [1.54, 1.807) is 0 Å². The molecule has 1 aromatic heterocycles. The van der Waals surface area contributed by atoms with E-state index < -0.39 is 0 Å². The molecule has 0 radical (unpaired) electrons. The predicted molar refractivity (Wildman–Crippen MR) is 79.4 cm³/mol. The maximum absolute atomic E-state index is 4.62. The Morgan fingerprint density at radius 2 is 1.17 bits per heavy atom. The highest BCUT2D eigenvalue weighted by Gasteiger charge is 2.03. The summed E-state index contributed by atoms with van der Waals surface area (Å²) >= 11 is 0. The maximum atomic E-state index is 4.62. The lowest BCUT2D eigenvalue weighted by Gasteiger charge is -2.04. The quantitative estimate of drug-likeness (QED) is 0.723. The zero-order valence-corrected chi connectivity index (χ0v) is 12.0. The number of rotatable bonds is 6. The van der Waals surface area contributed by atoms with Crippen molar-refractivity contribution in [3.63, 3.8) is 0 Å². The number of aryl methyl sites for hydroxylation is 2. The molecule has 0 aliphatic carbocycles. The first kappa shape index (κ1) is 14.6. The van der Waals surface area contributed by atoms with Gasteiger partial charge in [-0.1, -0.05) is 38.8 Å². The van der Waals surface area contributed by atoms with Crippen molar-refractivity contribution in [2.24, 2.45) is 0 Å². The summed E-state index contributed by atoms with van der Waals surface area (Å²) in [7, 11) is 0. The van der Waals surface area contributed by atoms with Crippen molar-refractivity contribution >= 4 is 12.2 Å². The summed E-state index contributed by atoms with van der Waals surface area (Å²) in [5.74, 6) is 0. The Kier molecular flexibility index (Phi) is 6.34. The molecule has 0 saturated carbocycles. The molecule has 0 aromatic carbocycles. The van der Waals surface area contributed by atoms with Crippen LogP contribution >= 0.6 is 0 Å². The van der Waals surface area contributed by atoms with Gasteiger partial charge in [0.1, 0.15) is 0 Å². The van der Waals surface area contributed by atoms with E-state index in [2.05, 4.69) is 48.1 Å². The highest BCUT2D eigenvalue weighted by atomic mass is 14.8. The van der Waals surface area contributed by atoms with Gasteiger partial charge >= 0.3 is 0 Å².